The van der Waals surface area contributed by atoms with Crippen LogP contribution in [0.3, 0.4) is 0 Å². The molecule has 0 bridgehead atoms. The third-order valence-corrected chi connectivity index (χ3v) is 4.11. The molecule has 0 aliphatic carbocycles. The van der Waals surface area contributed by atoms with Crippen LogP contribution in [0.15, 0.2) is 24.3 Å². The van der Waals surface area contributed by atoms with E-state index < -0.39 is 11.9 Å². The number of carboxylic acids is 1. The summed E-state index contributed by atoms with van der Waals surface area (Å²) < 4.78 is 0.702. The van der Waals surface area contributed by atoms with Gasteiger partial charge in [0.05, 0.1) is 15.5 Å². The van der Waals surface area contributed by atoms with Gasteiger partial charge in [-0.1, -0.05) is 29.3 Å². The Morgan fingerprint density at radius 3 is 2.45 bits per heavy atom. The van der Waals surface area contributed by atoms with E-state index in [4.69, 9.17) is 28.3 Å². The number of anilines is 1. The summed E-state index contributed by atoms with van der Waals surface area (Å²) in [5, 5.41) is 11.6. The molecule has 0 radical (unpaired) electrons. The Morgan fingerprint density at radius 2 is 1.90 bits per heavy atom. The van der Waals surface area contributed by atoms with Crippen LogP contribution < -0.4 is 5.32 Å². The van der Waals surface area contributed by atoms with Gasteiger partial charge < -0.3 is 10.4 Å². The van der Waals surface area contributed by atoms with Crippen molar-refractivity contribution < 1.29 is 14.7 Å². The minimum Gasteiger partial charge on any atom is -0.478 e. The summed E-state index contributed by atoms with van der Waals surface area (Å²) in [6.45, 7) is 1.69. The minimum absolute atomic E-state index is 0.136. The van der Waals surface area contributed by atoms with Crippen molar-refractivity contribution in [3.05, 3.63) is 49.6 Å². The maximum absolute atomic E-state index is 12.0. The Balaban J connectivity index is 2.26. The van der Waals surface area contributed by atoms with E-state index in [1.165, 1.54) is 12.1 Å². The van der Waals surface area contributed by atoms with Gasteiger partial charge in [0.25, 0.3) is 5.91 Å². The van der Waals surface area contributed by atoms with Crippen molar-refractivity contribution in [1.29, 1.82) is 0 Å². The number of thiophene rings is 1. The molecular weight excluding hydrogens is 321 g/mol. The average molecular weight is 330 g/mol. The van der Waals surface area contributed by atoms with Gasteiger partial charge in [0.15, 0.2) is 0 Å². The van der Waals surface area contributed by atoms with Gasteiger partial charge in [0, 0.05) is 5.69 Å². The van der Waals surface area contributed by atoms with Crippen LogP contribution in [0.4, 0.5) is 5.69 Å². The molecule has 1 aromatic carbocycles. The highest BCUT2D eigenvalue weighted by atomic mass is 35.5. The third-order valence-electron chi connectivity index (χ3n) is 2.63. The number of hydrogen-bond donors (Lipinski definition) is 2. The third kappa shape index (κ3) is 3.12. The first-order valence-electron chi connectivity index (χ1n) is 5.48. The van der Waals surface area contributed by atoms with E-state index in [2.05, 4.69) is 5.32 Å². The molecule has 104 valence electrons. The number of halogens is 2. The number of rotatable bonds is 3. The molecule has 0 saturated heterocycles. The molecule has 20 heavy (non-hydrogen) atoms. The van der Waals surface area contributed by atoms with E-state index in [1.54, 1.807) is 19.1 Å². The molecule has 1 heterocycles. The van der Waals surface area contributed by atoms with Crippen molar-refractivity contribution >= 4 is 52.1 Å². The lowest BCUT2D eigenvalue weighted by atomic mass is 10.1. The van der Waals surface area contributed by atoms with Gasteiger partial charge >= 0.3 is 5.97 Å². The van der Waals surface area contributed by atoms with E-state index in [0.717, 1.165) is 11.3 Å². The molecule has 0 aliphatic rings. The zero-order valence-corrected chi connectivity index (χ0v) is 12.6. The van der Waals surface area contributed by atoms with Crippen molar-refractivity contribution in [2.24, 2.45) is 0 Å². The summed E-state index contributed by atoms with van der Waals surface area (Å²) in [6, 6.07) is 6.12. The zero-order valence-electron chi connectivity index (χ0n) is 10.2. The lowest BCUT2D eigenvalue weighted by Gasteiger charge is -2.07. The molecule has 0 unspecified atom stereocenters. The van der Waals surface area contributed by atoms with E-state index in [9.17, 15) is 9.59 Å². The Kier molecular flexibility index (Phi) is 4.32. The predicted molar refractivity (Wildman–Crippen MR) is 80.4 cm³/mol. The molecule has 2 aromatic rings. The second-order valence-corrected chi connectivity index (χ2v) is 6.31. The molecule has 0 atom stereocenters. The van der Waals surface area contributed by atoms with Gasteiger partial charge in [-0.05, 0) is 30.7 Å². The summed E-state index contributed by atoms with van der Waals surface area (Å²) in [4.78, 5) is 23.1. The fourth-order valence-corrected chi connectivity index (χ4v) is 3.08. The van der Waals surface area contributed by atoms with Crippen LogP contribution in [0.25, 0.3) is 0 Å². The van der Waals surface area contributed by atoms with Crippen LogP contribution >= 0.6 is 34.5 Å². The van der Waals surface area contributed by atoms with E-state index >= 15 is 0 Å². The number of carboxylic acid groups (broad SMARTS) is 1. The van der Waals surface area contributed by atoms with Gasteiger partial charge in [0.2, 0.25) is 0 Å². The maximum atomic E-state index is 12.0. The molecule has 0 fully saturated rings. The highest BCUT2D eigenvalue weighted by Crippen LogP contribution is 2.31. The maximum Gasteiger partial charge on any atom is 0.336 e. The number of carbonyl (C=O) groups is 2. The highest BCUT2D eigenvalue weighted by Gasteiger charge is 2.15. The average Bonchev–Trinajstić information content (AvgIpc) is 2.70. The van der Waals surface area contributed by atoms with Crippen LogP contribution in [0.1, 0.15) is 26.3 Å². The Hall–Kier alpha value is -1.56. The fraction of sp³-hybridized carbons (Fsp3) is 0.0769. The zero-order chi connectivity index (χ0) is 14.9. The van der Waals surface area contributed by atoms with Crippen LogP contribution in [-0.2, 0) is 0 Å². The largest absolute Gasteiger partial charge is 0.478 e. The summed E-state index contributed by atoms with van der Waals surface area (Å²) in [6.07, 6.45) is 0. The van der Waals surface area contributed by atoms with Gasteiger partial charge in [0.1, 0.15) is 4.34 Å². The quantitative estimate of drug-likeness (QED) is 0.881. The second kappa shape index (κ2) is 5.83. The first-order valence-corrected chi connectivity index (χ1v) is 7.06. The summed E-state index contributed by atoms with van der Waals surface area (Å²) in [5.74, 6) is -1.48. The van der Waals surface area contributed by atoms with E-state index in [1.807, 2.05) is 0 Å². The van der Waals surface area contributed by atoms with Gasteiger partial charge in [-0.3, -0.25) is 4.79 Å². The topological polar surface area (TPSA) is 66.4 Å². The minimum atomic E-state index is -1.05. The van der Waals surface area contributed by atoms with Crippen LogP contribution in [0.2, 0.25) is 8.67 Å². The number of hydrogen-bond acceptors (Lipinski definition) is 3. The number of carbonyl (C=O) groups excluding carboxylic acids is 1. The van der Waals surface area contributed by atoms with E-state index in [-0.39, 0.29) is 15.5 Å². The Labute approximate surface area is 128 Å². The highest BCUT2D eigenvalue weighted by molar-refractivity contribution is 7.20. The number of amides is 1. The predicted octanol–water partition coefficient (Wildman–Crippen LogP) is 4.31. The van der Waals surface area contributed by atoms with Crippen LogP contribution in [-0.4, -0.2) is 17.0 Å². The summed E-state index contributed by atoms with van der Waals surface area (Å²) in [7, 11) is 0. The van der Waals surface area contributed by atoms with Crippen molar-refractivity contribution in [1.82, 2.24) is 0 Å². The first-order chi connectivity index (χ1) is 9.38. The normalized spacial score (nSPS) is 10.3. The van der Waals surface area contributed by atoms with Crippen molar-refractivity contribution in [2.75, 3.05) is 5.32 Å². The van der Waals surface area contributed by atoms with Gasteiger partial charge in [-0.25, -0.2) is 4.79 Å². The lowest BCUT2D eigenvalue weighted by molar-refractivity contribution is 0.0695. The number of aryl methyl sites for hydroxylation is 1. The molecule has 0 spiro atoms. The van der Waals surface area contributed by atoms with Crippen molar-refractivity contribution in [2.45, 2.75) is 6.92 Å². The monoisotopic (exact) mass is 329 g/mol. The second-order valence-electron chi connectivity index (χ2n) is 4.03. The SMILES string of the molecule is Cc1ccc(NC(=O)c2cc(Cl)sc2Cl)cc1C(=O)O. The number of benzene rings is 1. The molecule has 2 rings (SSSR count). The molecule has 0 saturated carbocycles. The molecule has 4 nitrogen and oxygen atoms in total. The summed E-state index contributed by atoms with van der Waals surface area (Å²) >= 11 is 12.8. The standard InChI is InChI=1S/C13H9Cl2NO3S/c1-6-2-3-7(4-8(6)13(18)19)16-12(17)9-5-10(14)20-11(9)15/h2-5H,1H3,(H,16,17)(H,18,19). The van der Waals surface area contributed by atoms with Crippen LogP contribution in [0, 0.1) is 6.92 Å². The lowest BCUT2D eigenvalue weighted by Crippen LogP contribution is -2.12. The van der Waals surface area contributed by atoms with Crippen LogP contribution in [0.5, 0.6) is 0 Å². The first kappa shape index (κ1) is 14.8. The Morgan fingerprint density at radius 1 is 1.20 bits per heavy atom. The Bertz CT molecular complexity index is 697. The fourth-order valence-electron chi connectivity index (χ4n) is 1.62. The molecule has 2 N–H and O–H groups in total. The van der Waals surface area contributed by atoms with E-state index in [0.29, 0.717) is 15.6 Å². The molecule has 1 amide bonds. The smallest absolute Gasteiger partial charge is 0.336 e. The molecule has 1 aromatic heterocycles. The number of nitrogens with one attached hydrogen (secondary N) is 1. The van der Waals surface area contributed by atoms with Crippen molar-refractivity contribution in [3.8, 4) is 0 Å². The molecular formula is C13H9Cl2NO3S. The van der Waals surface area contributed by atoms with Gasteiger partial charge in [-0.2, -0.15) is 0 Å². The summed E-state index contributed by atoms with van der Waals surface area (Å²) in [5.41, 5.74) is 1.40. The molecule has 7 heteroatoms. The van der Waals surface area contributed by atoms with Gasteiger partial charge in [-0.15, -0.1) is 11.3 Å². The van der Waals surface area contributed by atoms with Crippen molar-refractivity contribution in [3.63, 3.8) is 0 Å². The number of aromatic carboxylic acids is 1. The molecule has 0 aliphatic heterocycles.